The number of nitrogens with one attached hydrogen (secondary N) is 1. The molecule has 0 radical (unpaired) electrons. The van der Waals surface area contributed by atoms with Gasteiger partial charge in [-0.1, -0.05) is 13.8 Å². The SMILES string of the molecule is CCCN(CC)CCNC(=O)c1ccc(Br)c(F)c1. The van der Waals surface area contributed by atoms with Crippen molar-refractivity contribution in [1.29, 1.82) is 0 Å². The number of hydrogen-bond donors (Lipinski definition) is 1. The van der Waals surface area contributed by atoms with Gasteiger partial charge in [0.1, 0.15) is 5.82 Å². The molecule has 0 fully saturated rings. The number of amides is 1. The van der Waals surface area contributed by atoms with Crippen LogP contribution < -0.4 is 5.32 Å². The summed E-state index contributed by atoms with van der Waals surface area (Å²) in [7, 11) is 0. The van der Waals surface area contributed by atoms with Gasteiger partial charge in [0.05, 0.1) is 4.47 Å². The van der Waals surface area contributed by atoms with Crippen molar-refractivity contribution in [3.8, 4) is 0 Å². The van der Waals surface area contributed by atoms with Crippen LogP contribution in [-0.4, -0.2) is 37.0 Å². The Morgan fingerprint density at radius 1 is 1.37 bits per heavy atom. The van der Waals surface area contributed by atoms with Crippen LogP contribution in [0.15, 0.2) is 22.7 Å². The number of benzene rings is 1. The lowest BCUT2D eigenvalue weighted by molar-refractivity contribution is 0.0948. The molecule has 0 aromatic heterocycles. The number of carbonyl (C=O) groups excluding carboxylic acids is 1. The van der Waals surface area contributed by atoms with E-state index in [1.807, 2.05) is 0 Å². The van der Waals surface area contributed by atoms with Crippen LogP contribution in [0.3, 0.4) is 0 Å². The van der Waals surface area contributed by atoms with E-state index in [-0.39, 0.29) is 5.91 Å². The third kappa shape index (κ3) is 5.28. The number of carbonyl (C=O) groups is 1. The highest BCUT2D eigenvalue weighted by molar-refractivity contribution is 9.10. The van der Waals surface area contributed by atoms with Crippen molar-refractivity contribution in [2.45, 2.75) is 20.3 Å². The van der Waals surface area contributed by atoms with Crippen LogP contribution in [0.5, 0.6) is 0 Å². The van der Waals surface area contributed by atoms with Gasteiger partial charge in [0.15, 0.2) is 0 Å². The number of nitrogens with zero attached hydrogens (tertiary/aromatic N) is 1. The van der Waals surface area contributed by atoms with E-state index in [0.29, 0.717) is 16.6 Å². The molecule has 1 aromatic carbocycles. The third-order valence-electron chi connectivity index (χ3n) is 2.88. The second-order valence-corrected chi connectivity index (χ2v) is 5.17. The average Bonchev–Trinajstić information content (AvgIpc) is 2.40. The molecule has 0 saturated heterocycles. The lowest BCUT2D eigenvalue weighted by Gasteiger charge is -2.19. The first-order chi connectivity index (χ1) is 9.08. The molecular weight excluding hydrogens is 311 g/mol. The molecule has 1 amide bonds. The summed E-state index contributed by atoms with van der Waals surface area (Å²) in [5.41, 5.74) is 0.347. The second-order valence-electron chi connectivity index (χ2n) is 4.32. The van der Waals surface area contributed by atoms with Crippen molar-refractivity contribution in [2.24, 2.45) is 0 Å². The zero-order valence-electron chi connectivity index (χ0n) is 11.4. The van der Waals surface area contributed by atoms with Crippen LogP contribution >= 0.6 is 15.9 Å². The molecule has 0 spiro atoms. The molecular formula is C14H20BrFN2O. The molecule has 106 valence electrons. The molecule has 0 heterocycles. The lowest BCUT2D eigenvalue weighted by Crippen LogP contribution is -2.35. The molecule has 1 N–H and O–H groups in total. The number of rotatable bonds is 7. The minimum absolute atomic E-state index is 0.237. The van der Waals surface area contributed by atoms with Crippen LogP contribution in [0.25, 0.3) is 0 Å². The summed E-state index contributed by atoms with van der Waals surface area (Å²) in [6.45, 7) is 7.61. The summed E-state index contributed by atoms with van der Waals surface area (Å²) < 4.78 is 13.7. The van der Waals surface area contributed by atoms with Crippen molar-refractivity contribution in [2.75, 3.05) is 26.2 Å². The Balaban J connectivity index is 2.44. The highest BCUT2D eigenvalue weighted by atomic mass is 79.9. The molecule has 0 aliphatic carbocycles. The Kier molecular flexibility index (Phi) is 7.02. The number of halogens is 2. The highest BCUT2D eigenvalue weighted by Gasteiger charge is 2.08. The van der Waals surface area contributed by atoms with E-state index in [2.05, 4.69) is 40.0 Å². The minimum Gasteiger partial charge on any atom is -0.351 e. The molecule has 5 heteroatoms. The Morgan fingerprint density at radius 2 is 2.11 bits per heavy atom. The molecule has 0 aliphatic heterocycles. The van der Waals surface area contributed by atoms with Gasteiger partial charge in [-0.25, -0.2) is 4.39 Å². The quantitative estimate of drug-likeness (QED) is 0.833. The Morgan fingerprint density at radius 3 is 2.68 bits per heavy atom. The molecule has 0 aliphatic rings. The summed E-state index contributed by atoms with van der Waals surface area (Å²) in [5, 5.41) is 2.81. The first kappa shape index (κ1) is 16.1. The summed E-state index contributed by atoms with van der Waals surface area (Å²) in [6.07, 6.45) is 1.10. The van der Waals surface area contributed by atoms with Crippen molar-refractivity contribution in [3.05, 3.63) is 34.1 Å². The van der Waals surface area contributed by atoms with Gasteiger partial charge in [-0.05, 0) is 53.6 Å². The molecule has 1 aromatic rings. The van der Waals surface area contributed by atoms with Crippen LogP contribution in [0, 0.1) is 5.82 Å². The maximum absolute atomic E-state index is 13.3. The second kappa shape index (κ2) is 8.27. The van der Waals surface area contributed by atoms with Crippen LogP contribution in [0.2, 0.25) is 0 Å². The minimum atomic E-state index is -0.422. The smallest absolute Gasteiger partial charge is 0.251 e. The van der Waals surface area contributed by atoms with Gasteiger partial charge < -0.3 is 10.2 Å². The summed E-state index contributed by atoms with van der Waals surface area (Å²) in [5.74, 6) is -0.659. The number of likely N-dealkylation sites (N-methyl/N-ethyl adjacent to an activating group) is 1. The Bertz CT molecular complexity index is 426. The van der Waals surface area contributed by atoms with Crippen LogP contribution in [0.4, 0.5) is 4.39 Å². The molecule has 19 heavy (non-hydrogen) atoms. The molecule has 0 saturated carbocycles. The van der Waals surface area contributed by atoms with Gasteiger partial charge in [-0.3, -0.25) is 4.79 Å². The van der Waals surface area contributed by atoms with E-state index in [1.165, 1.54) is 6.07 Å². The van der Waals surface area contributed by atoms with Gasteiger partial charge in [0, 0.05) is 18.7 Å². The van der Waals surface area contributed by atoms with Crippen LogP contribution in [0.1, 0.15) is 30.6 Å². The fourth-order valence-electron chi connectivity index (χ4n) is 1.81. The Labute approximate surface area is 122 Å². The van der Waals surface area contributed by atoms with Gasteiger partial charge in [-0.2, -0.15) is 0 Å². The zero-order chi connectivity index (χ0) is 14.3. The van der Waals surface area contributed by atoms with Crippen molar-refractivity contribution in [1.82, 2.24) is 10.2 Å². The van der Waals surface area contributed by atoms with Crippen molar-refractivity contribution in [3.63, 3.8) is 0 Å². The normalized spacial score (nSPS) is 10.8. The maximum Gasteiger partial charge on any atom is 0.251 e. The predicted octanol–water partition coefficient (Wildman–Crippen LogP) is 3.05. The fraction of sp³-hybridized carbons (Fsp3) is 0.500. The molecule has 0 unspecified atom stereocenters. The number of hydrogen-bond acceptors (Lipinski definition) is 2. The molecule has 0 atom stereocenters. The summed E-state index contributed by atoms with van der Waals surface area (Å²) >= 11 is 3.06. The fourth-order valence-corrected chi connectivity index (χ4v) is 2.06. The topological polar surface area (TPSA) is 32.3 Å². The van der Waals surface area contributed by atoms with Crippen molar-refractivity contribution >= 4 is 21.8 Å². The zero-order valence-corrected chi connectivity index (χ0v) is 13.0. The van der Waals surface area contributed by atoms with E-state index in [4.69, 9.17) is 0 Å². The standard InChI is InChI=1S/C14H20BrFN2O/c1-3-8-18(4-2)9-7-17-14(19)11-5-6-12(15)13(16)10-11/h5-6,10H,3-4,7-9H2,1-2H3,(H,17,19). The van der Waals surface area contributed by atoms with E-state index >= 15 is 0 Å². The van der Waals surface area contributed by atoms with E-state index in [9.17, 15) is 9.18 Å². The monoisotopic (exact) mass is 330 g/mol. The average molecular weight is 331 g/mol. The van der Waals surface area contributed by atoms with E-state index in [0.717, 1.165) is 26.1 Å². The lowest BCUT2D eigenvalue weighted by atomic mass is 10.2. The van der Waals surface area contributed by atoms with Crippen molar-refractivity contribution < 1.29 is 9.18 Å². The summed E-state index contributed by atoms with van der Waals surface area (Å²) in [6, 6.07) is 4.38. The highest BCUT2D eigenvalue weighted by Crippen LogP contribution is 2.16. The maximum atomic E-state index is 13.3. The first-order valence-corrected chi connectivity index (χ1v) is 7.33. The van der Waals surface area contributed by atoms with Gasteiger partial charge in [0.25, 0.3) is 5.91 Å². The van der Waals surface area contributed by atoms with Gasteiger partial charge >= 0.3 is 0 Å². The van der Waals surface area contributed by atoms with Gasteiger partial charge in [0.2, 0.25) is 0 Å². The van der Waals surface area contributed by atoms with Crippen LogP contribution in [-0.2, 0) is 0 Å². The molecule has 0 bridgehead atoms. The van der Waals surface area contributed by atoms with E-state index < -0.39 is 5.82 Å². The molecule has 3 nitrogen and oxygen atoms in total. The van der Waals surface area contributed by atoms with E-state index in [1.54, 1.807) is 12.1 Å². The largest absolute Gasteiger partial charge is 0.351 e. The first-order valence-electron chi connectivity index (χ1n) is 6.54. The van der Waals surface area contributed by atoms with Gasteiger partial charge in [-0.15, -0.1) is 0 Å². The molecule has 1 rings (SSSR count). The predicted molar refractivity (Wildman–Crippen MR) is 78.8 cm³/mol. The Hall–Kier alpha value is -0.940. The summed E-state index contributed by atoms with van der Waals surface area (Å²) in [4.78, 5) is 14.1. The third-order valence-corrected chi connectivity index (χ3v) is 3.53.